The van der Waals surface area contributed by atoms with E-state index in [0.717, 1.165) is 12.1 Å². The highest BCUT2D eigenvalue weighted by Gasteiger charge is 2.20. The van der Waals surface area contributed by atoms with Crippen LogP contribution in [-0.2, 0) is 0 Å². The van der Waals surface area contributed by atoms with Crippen LogP contribution in [0.25, 0.3) is 0 Å². The lowest BCUT2D eigenvalue weighted by Gasteiger charge is -2.18. The number of nitrogens with two attached hydrogens (primary N) is 1. The lowest BCUT2D eigenvalue weighted by atomic mass is 10.0. The predicted molar refractivity (Wildman–Crippen MR) is 60.3 cm³/mol. The summed E-state index contributed by atoms with van der Waals surface area (Å²) < 4.78 is 26.3. The van der Waals surface area contributed by atoms with Gasteiger partial charge in [0, 0.05) is 0 Å². The molecular weight excluding hydrogens is 230 g/mol. The van der Waals surface area contributed by atoms with Gasteiger partial charge in [0.1, 0.15) is 23.4 Å². The fourth-order valence-electron chi connectivity index (χ4n) is 1.45. The number of halogens is 2. The van der Waals surface area contributed by atoms with Gasteiger partial charge in [-0.25, -0.2) is 8.78 Å². The van der Waals surface area contributed by atoms with Gasteiger partial charge < -0.3 is 21.3 Å². The second-order valence-corrected chi connectivity index (χ2v) is 3.80. The number of nitrogens with one attached hydrogen (secondary N) is 1. The minimum Gasteiger partial charge on any atom is -0.394 e. The topological polar surface area (TPSA) is 78.5 Å². The molecule has 5 N–H and O–H groups in total. The van der Waals surface area contributed by atoms with Crippen LogP contribution in [0.1, 0.15) is 18.1 Å². The fraction of sp³-hybridized carbons (Fsp3) is 0.455. The number of anilines is 1. The van der Waals surface area contributed by atoms with Crippen LogP contribution in [0.2, 0.25) is 0 Å². The molecule has 0 amide bonds. The molecule has 17 heavy (non-hydrogen) atoms. The Kier molecular flexibility index (Phi) is 4.80. The SMILES string of the molecule is CNCCC(O)C(O)c1cc(F)c(N)c(F)c1. The second kappa shape index (κ2) is 5.90. The summed E-state index contributed by atoms with van der Waals surface area (Å²) in [4.78, 5) is 0. The van der Waals surface area contributed by atoms with Gasteiger partial charge in [0.25, 0.3) is 0 Å². The smallest absolute Gasteiger partial charge is 0.149 e. The van der Waals surface area contributed by atoms with E-state index in [-0.39, 0.29) is 12.0 Å². The first-order valence-corrected chi connectivity index (χ1v) is 5.22. The Morgan fingerprint density at radius 1 is 1.29 bits per heavy atom. The summed E-state index contributed by atoms with van der Waals surface area (Å²) >= 11 is 0. The van der Waals surface area contributed by atoms with Gasteiger partial charge in [-0.15, -0.1) is 0 Å². The van der Waals surface area contributed by atoms with Crippen molar-refractivity contribution in [2.24, 2.45) is 0 Å². The average Bonchev–Trinajstić information content (AvgIpc) is 2.31. The fourth-order valence-corrected chi connectivity index (χ4v) is 1.45. The molecule has 1 aromatic rings. The van der Waals surface area contributed by atoms with E-state index >= 15 is 0 Å². The average molecular weight is 246 g/mol. The van der Waals surface area contributed by atoms with Crippen LogP contribution in [0.15, 0.2) is 12.1 Å². The number of hydrogen-bond acceptors (Lipinski definition) is 4. The Labute approximate surface area is 98.1 Å². The molecule has 0 spiro atoms. The van der Waals surface area contributed by atoms with Gasteiger partial charge >= 0.3 is 0 Å². The van der Waals surface area contributed by atoms with Crippen molar-refractivity contribution in [1.29, 1.82) is 0 Å². The number of aliphatic hydroxyl groups is 2. The summed E-state index contributed by atoms with van der Waals surface area (Å²) in [6.45, 7) is 0.484. The van der Waals surface area contributed by atoms with Crippen LogP contribution >= 0.6 is 0 Å². The number of nitrogen functional groups attached to an aromatic ring is 1. The van der Waals surface area contributed by atoms with Gasteiger partial charge in [-0.1, -0.05) is 0 Å². The maximum absolute atomic E-state index is 13.1. The molecule has 0 aliphatic rings. The van der Waals surface area contributed by atoms with E-state index in [0.29, 0.717) is 6.54 Å². The number of rotatable bonds is 5. The number of benzene rings is 1. The van der Waals surface area contributed by atoms with Gasteiger partial charge in [-0.2, -0.15) is 0 Å². The van der Waals surface area contributed by atoms with Crippen molar-refractivity contribution in [3.63, 3.8) is 0 Å². The Morgan fingerprint density at radius 2 is 1.82 bits per heavy atom. The van der Waals surface area contributed by atoms with Gasteiger partial charge in [0.05, 0.1) is 6.10 Å². The molecule has 0 saturated heterocycles. The van der Waals surface area contributed by atoms with Crippen molar-refractivity contribution in [3.8, 4) is 0 Å². The van der Waals surface area contributed by atoms with E-state index in [2.05, 4.69) is 5.32 Å². The minimum atomic E-state index is -1.34. The molecule has 0 bridgehead atoms. The maximum Gasteiger partial charge on any atom is 0.149 e. The standard InChI is InChI=1S/C11H16F2N2O2/c1-15-3-2-9(16)11(17)6-4-7(12)10(14)8(13)5-6/h4-5,9,11,15-17H,2-3,14H2,1H3. The molecule has 1 rings (SSSR count). The van der Waals surface area contributed by atoms with Gasteiger partial charge in [-0.3, -0.25) is 0 Å². The Bertz CT molecular complexity index is 365. The molecule has 0 fully saturated rings. The molecule has 0 aromatic heterocycles. The lowest BCUT2D eigenvalue weighted by Crippen LogP contribution is -2.23. The zero-order valence-corrected chi connectivity index (χ0v) is 9.45. The van der Waals surface area contributed by atoms with E-state index in [4.69, 9.17) is 5.73 Å². The van der Waals surface area contributed by atoms with Crippen molar-refractivity contribution in [1.82, 2.24) is 5.32 Å². The largest absolute Gasteiger partial charge is 0.394 e. The van der Waals surface area contributed by atoms with Crippen molar-refractivity contribution in [2.45, 2.75) is 18.6 Å². The third-order valence-electron chi connectivity index (χ3n) is 2.50. The van der Waals surface area contributed by atoms with Gasteiger partial charge in [0.15, 0.2) is 0 Å². The van der Waals surface area contributed by atoms with Crippen LogP contribution in [-0.4, -0.2) is 29.9 Å². The third-order valence-corrected chi connectivity index (χ3v) is 2.50. The van der Waals surface area contributed by atoms with E-state index in [1.54, 1.807) is 7.05 Å². The van der Waals surface area contributed by atoms with Crippen LogP contribution in [0.3, 0.4) is 0 Å². The normalized spacial score (nSPS) is 14.6. The Morgan fingerprint density at radius 3 is 2.29 bits per heavy atom. The van der Waals surface area contributed by atoms with E-state index in [9.17, 15) is 19.0 Å². The summed E-state index contributed by atoms with van der Waals surface area (Å²) in [5, 5.41) is 22.1. The summed E-state index contributed by atoms with van der Waals surface area (Å²) in [7, 11) is 1.70. The summed E-state index contributed by atoms with van der Waals surface area (Å²) in [6, 6.07) is 1.84. The van der Waals surface area contributed by atoms with Crippen LogP contribution < -0.4 is 11.1 Å². The monoisotopic (exact) mass is 246 g/mol. The molecule has 96 valence electrons. The Balaban J connectivity index is 2.85. The summed E-state index contributed by atoms with van der Waals surface area (Å²) in [6.07, 6.45) is -2.16. The highest BCUT2D eigenvalue weighted by Crippen LogP contribution is 2.24. The van der Waals surface area contributed by atoms with Crippen molar-refractivity contribution >= 4 is 5.69 Å². The number of hydrogen-bond donors (Lipinski definition) is 4. The molecule has 2 atom stereocenters. The van der Waals surface area contributed by atoms with Crippen LogP contribution in [0, 0.1) is 11.6 Å². The first kappa shape index (κ1) is 13.8. The van der Waals surface area contributed by atoms with Crippen LogP contribution in [0.4, 0.5) is 14.5 Å². The van der Waals surface area contributed by atoms with Crippen LogP contribution in [0.5, 0.6) is 0 Å². The molecule has 0 aliphatic heterocycles. The zero-order chi connectivity index (χ0) is 13.0. The van der Waals surface area contributed by atoms with Crippen molar-refractivity contribution < 1.29 is 19.0 Å². The highest BCUT2D eigenvalue weighted by molar-refractivity contribution is 5.43. The third kappa shape index (κ3) is 3.36. The Hall–Kier alpha value is -1.24. The molecule has 0 radical (unpaired) electrons. The molecule has 2 unspecified atom stereocenters. The van der Waals surface area contributed by atoms with Crippen molar-refractivity contribution in [3.05, 3.63) is 29.3 Å². The molecule has 4 nitrogen and oxygen atoms in total. The second-order valence-electron chi connectivity index (χ2n) is 3.80. The lowest BCUT2D eigenvalue weighted by molar-refractivity contribution is 0.0137. The minimum absolute atomic E-state index is 0.0298. The molecular formula is C11H16F2N2O2. The first-order valence-electron chi connectivity index (χ1n) is 5.22. The first-order chi connectivity index (χ1) is 7.97. The zero-order valence-electron chi connectivity index (χ0n) is 9.45. The van der Waals surface area contributed by atoms with E-state index in [1.165, 1.54) is 0 Å². The highest BCUT2D eigenvalue weighted by atomic mass is 19.1. The quantitative estimate of drug-likeness (QED) is 0.572. The predicted octanol–water partition coefficient (Wildman–Crippen LogP) is 0.551. The molecule has 0 heterocycles. The molecule has 1 aromatic carbocycles. The maximum atomic E-state index is 13.1. The molecule has 0 aliphatic carbocycles. The molecule has 6 heteroatoms. The van der Waals surface area contributed by atoms with Gasteiger partial charge in [0.2, 0.25) is 0 Å². The summed E-state index contributed by atoms with van der Waals surface area (Å²) in [5.41, 5.74) is 4.48. The van der Waals surface area contributed by atoms with Gasteiger partial charge in [-0.05, 0) is 37.7 Å². The number of aliphatic hydroxyl groups excluding tert-OH is 2. The van der Waals surface area contributed by atoms with E-state index < -0.39 is 29.5 Å². The van der Waals surface area contributed by atoms with Crippen molar-refractivity contribution in [2.75, 3.05) is 19.3 Å². The van der Waals surface area contributed by atoms with E-state index in [1.807, 2.05) is 0 Å². The summed E-state index contributed by atoms with van der Waals surface area (Å²) in [5.74, 6) is -1.89. The molecule has 0 saturated carbocycles.